The van der Waals surface area contributed by atoms with Crippen LogP contribution in [0.1, 0.15) is 0 Å². The lowest BCUT2D eigenvalue weighted by atomic mass is 10.1. The Morgan fingerprint density at radius 2 is 1.44 bits per heavy atom. The van der Waals surface area contributed by atoms with Gasteiger partial charge in [-0.05, 0) is 11.6 Å². The first-order chi connectivity index (χ1) is 4.18. The van der Waals surface area contributed by atoms with Crippen LogP contribution in [-0.2, 0) is 0 Å². The van der Waals surface area contributed by atoms with Gasteiger partial charge in [-0.2, -0.15) is 0 Å². The average molecular weight is 135 g/mol. The van der Waals surface area contributed by atoms with E-state index in [-0.39, 0.29) is 16.7 Å². The van der Waals surface area contributed by atoms with Gasteiger partial charge in [-0.1, -0.05) is 0 Å². The topological polar surface area (TPSA) is 38.7 Å². The van der Waals surface area contributed by atoms with Gasteiger partial charge in [0.15, 0.2) is 15.7 Å². The molecule has 6 heteroatoms. The molecule has 0 spiro atoms. The SMILES string of the molecule is [B]c1nc([B])nc(Cl)n1. The van der Waals surface area contributed by atoms with Crippen molar-refractivity contribution in [3.8, 4) is 0 Å². The third-order valence-electron chi connectivity index (χ3n) is 0.643. The van der Waals surface area contributed by atoms with Gasteiger partial charge >= 0.3 is 0 Å². The summed E-state index contributed by atoms with van der Waals surface area (Å²) in [5.41, 5.74) is 0.0694. The van der Waals surface area contributed by atoms with Crippen molar-refractivity contribution >= 4 is 38.7 Å². The summed E-state index contributed by atoms with van der Waals surface area (Å²) in [5, 5.41) is 0.0139. The molecule has 0 amide bonds. The molecule has 0 aliphatic heterocycles. The number of halogens is 1. The zero-order valence-electron chi connectivity index (χ0n) is 4.37. The van der Waals surface area contributed by atoms with Gasteiger partial charge in [-0.25, -0.2) is 15.0 Å². The minimum absolute atomic E-state index is 0.0139. The Bertz CT molecular complexity index is 178. The highest BCUT2D eigenvalue weighted by Crippen LogP contribution is 1.88. The van der Waals surface area contributed by atoms with E-state index in [2.05, 4.69) is 15.0 Å². The van der Waals surface area contributed by atoms with Crippen LogP contribution in [0, 0.1) is 0 Å². The smallest absolute Gasteiger partial charge is 0.224 e. The molecule has 0 fully saturated rings. The molecule has 0 saturated heterocycles. The van der Waals surface area contributed by atoms with Gasteiger partial charge in [-0.15, -0.1) is 0 Å². The Kier molecular flexibility index (Phi) is 1.71. The Labute approximate surface area is 59.7 Å². The molecule has 1 aromatic heterocycles. The molecule has 0 unspecified atom stereocenters. The number of nitrogens with zero attached hydrogens (tertiary/aromatic N) is 3. The third kappa shape index (κ3) is 1.68. The van der Waals surface area contributed by atoms with E-state index in [1.54, 1.807) is 0 Å². The lowest BCUT2D eigenvalue weighted by molar-refractivity contribution is 1.14. The molecule has 0 aliphatic rings. The number of hydrogen-bond acceptors (Lipinski definition) is 3. The van der Waals surface area contributed by atoms with Gasteiger partial charge < -0.3 is 0 Å². The molecule has 0 aliphatic carbocycles. The lowest BCUT2D eigenvalue weighted by Crippen LogP contribution is -2.26. The highest BCUT2D eigenvalue weighted by molar-refractivity contribution is 6.35. The summed E-state index contributed by atoms with van der Waals surface area (Å²) in [6.45, 7) is 0. The van der Waals surface area contributed by atoms with Crippen LogP contribution in [0.2, 0.25) is 5.28 Å². The Morgan fingerprint density at radius 3 is 1.78 bits per heavy atom. The second-order valence-electron chi connectivity index (χ2n) is 1.32. The largest absolute Gasteiger partial charge is 0.243 e. The van der Waals surface area contributed by atoms with Crippen molar-refractivity contribution < 1.29 is 0 Å². The van der Waals surface area contributed by atoms with E-state index in [0.717, 1.165) is 0 Å². The Balaban J connectivity index is 3.17. The van der Waals surface area contributed by atoms with Crippen LogP contribution >= 0.6 is 11.6 Å². The van der Waals surface area contributed by atoms with Crippen molar-refractivity contribution in [2.75, 3.05) is 0 Å². The van der Waals surface area contributed by atoms with Gasteiger partial charge in [0.05, 0.1) is 11.4 Å². The van der Waals surface area contributed by atoms with E-state index in [1.165, 1.54) is 0 Å². The molecule has 0 bridgehead atoms. The van der Waals surface area contributed by atoms with Crippen LogP contribution < -0.4 is 11.4 Å². The van der Waals surface area contributed by atoms with Crippen LogP contribution in [0.25, 0.3) is 0 Å². The summed E-state index contributed by atoms with van der Waals surface area (Å²) in [4.78, 5) is 10.4. The van der Waals surface area contributed by atoms with Gasteiger partial charge in [-0.3, -0.25) is 0 Å². The van der Waals surface area contributed by atoms with Gasteiger partial charge in [0, 0.05) is 0 Å². The maximum absolute atomic E-state index is 5.33. The van der Waals surface area contributed by atoms with Crippen molar-refractivity contribution in [1.29, 1.82) is 0 Å². The maximum atomic E-state index is 5.33. The van der Waals surface area contributed by atoms with Crippen LogP contribution in [0.3, 0.4) is 0 Å². The molecule has 40 valence electrons. The zero-order chi connectivity index (χ0) is 6.85. The molecule has 0 N–H and O–H groups in total. The normalized spacial score (nSPS) is 9.44. The molecular weight excluding hydrogens is 135 g/mol. The molecule has 0 aromatic carbocycles. The molecule has 0 saturated carbocycles. The second kappa shape index (κ2) is 2.35. The molecular formula is C3B2ClN3. The average Bonchev–Trinajstić information content (AvgIpc) is 1.59. The maximum Gasteiger partial charge on any atom is 0.224 e. The van der Waals surface area contributed by atoms with E-state index in [9.17, 15) is 0 Å². The van der Waals surface area contributed by atoms with Crippen LogP contribution in [0.4, 0.5) is 0 Å². The summed E-state index contributed by atoms with van der Waals surface area (Å²) in [7, 11) is 10.3. The number of hydrogen-bond donors (Lipinski definition) is 0. The van der Waals surface area contributed by atoms with Crippen molar-refractivity contribution in [3.63, 3.8) is 0 Å². The first-order valence-corrected chi connectivity index (χ1v) is 2.49. The van der Waals surface area contributed by atoms with Crippen LogP contribution in [0.5, 0.6) is 0 Å². The quantitative estimate of drug-likeness (QED) is 0.390. The van der Waals surface area contributed by atoms with Crippen molar-refractivity contribution in [1.82, 2.24) is 15.0 Å². The first kappa shape index (κ1) is 6.55. The van der Waals surface area contributed by atoms with Crippen LogP contribution in [-0.4, -0.2) is 30.6 Å². The summed E-state index contributed by atoms with van der Waals surface area (Å²) >= 11 is 5.33. The van der Waals surface area contributed by atoms with E-state index in [0.29, 0.717) is 0 Å². The summed E-state index contributed by atoms with van der Waals surface area (Å²) in [5.74, 6) is 0. The standard InChI is InChI=1S/C3B2ClN3/c4-1-7-2(5)9-3(6)8-1. The number of rotatable bonds is 0. The summed E-state index contributed by atoms with van der Waals surface area (Å²) < 4.78 is 0. The van der Waals surface area contributed by atoms with E-state index in [1.807, 2.05) is 0 Å². The monoisotopic (exact) mass is 135 g/mol. The van der Waals surface area contributed by atoms with Crippen molar-refractivity contribution in [2.24, 2.45) is 0 Å². The molecule has 9 heavy (non-hydrogen) atoms. The Hall–Kier alpha value is -0.570. The van der Waals surface area contributed by atoms with E-state index in [4.69, 9.17) is 27.3 Å². The second-order valence-corrected chi connectivity index (χ2v) is 1.66. The molecule has 1 aromatic rings. The van der Waals surface area contributed by atoms with Crippen molar-refractivity contribution in [2.45, 2.75) is 0 Å². The lowest BCUT2D eigenvalue weighted by Gasteiger charge is -1.93. The van der Waals surface area contributed by atoms with E-state index < -0.39 is 0 Å². The molecule has 1 rings (SSSR count). The fourth-order valence-corrected chi connectivity index (χ4v) is 0.555. The summed E-state index contributed by atoms with van der Waals surface area (Å²) in [6.07, 6.45) is 0. The summed E-state index contributed by atoms with van der Waals surface area (Å²) in [6, 6.07) is 0. The predicted molar refractivity (Wildman–Crippen MR) is 35.6 cm³/mol. The van der Waals surface area contributed by atoms with Gasteiger partial charge in [0.2, 0.25) is 5.28 Å². The highest BCUT2D eigenvalue weighted by Gasteiger charge is 1.93. The fraction of sp³-hybridized carbons (Fsp3) is 0. The van der Waals surface area contributed by atoms with Gasteiger partial charge in [0.25, 0.3) is 0 Å². The first-order valence-electron chi connectivity index (χ1n) is 2.11. The fourth-order valence-electron chi connectivity index (χ4n) is 0.381. The Morgan fingerprint density at radius 1 is 1.00 bits per heavy atom. The zero-order valence-corrected chi connectivity index (χ0v) is 5.13. The van der Waals surface area contributed by atoms with E-state index >= 15 is 0 Å². The highest BCUT2D eigenvalue weighted by atomic mass is 35.5. The third-order valence-corrected chi connectivity index (χ3v) is 0.812. The van der Waals surface area contributed by atoms with Crippen LogP contribution in [0.15, 0.2) is 0 Å². The predicted octanol–water partition coefficient (Wildman–Crippen LogP) is -1.89. The molecule has 3 nitrogen and oxygen atoms in total. The van der Waals surface area contributed by atoms with Crippen molar-refractivity contribution in [3.05, 3.63) is 5.28 Å². The molecule has 1 heterocycles. The number of aromatic nitrogens is 3. The molecule has 0 atom stereocenters. The molecule has 4 radical (unpaired) electrons. The van der Waals surface area contributed by atoms with Gasteiger partial charge in [0.1, 0.15) is 0 Å². The minimum Gasteiger partial charge on any atom is -0.243 e. The minimum atomic E-state index is 0.0139.